The summed E-state index contributed by atoms with van der Waals surface area (Å²) in [7, 11) is 1.52. The molecule has 1 aromatic rings. The van der Waals surface area contributed by atoms with Crippen molar-refractivity contribution in [2.24, 2.45) is 11.1 Å². The number of nitrogens with two attached hydrogens (primary N) is 1. The lowest BCUT2D eigenvalue weighted by atomic mass is 9.86. The zero-order valence-electron chi connectivity index (χ0n) is 10.4. The van der Waals surface area contributed by atoms with Gasteiger partial charge in [0, 0.05) is 12.1 Å². The molecule has 1 rings (SSSR count). The summed E-state index contributed by atoms with van der Waals surface area (Å²) < 4.78 is 18.3. The van der Waals surface area contributed by atoms with Crippen LogP contribution in [0.3, 0.4) is 0 Å². The first-order valence-corrected chi connectivity index (χ1v) is 5.42. The summed E-state index contributed by atoms with van der Waals surface area (Å²) in [4.78, 5) is 0. The minimum Gasteiger partial charge on any atom is -0.497 e. The minimum absolute atomic E-state index is 0.124. The van der Waals surface area contributed by atoms with Crippen LogP contribution in [0.2, 0.25) is 0 Å². The van der Waals surface area contributed by atoms with Crippen LogP contribution in [0.4, 0.5) is 4.39 Å². The van der Waals surface area contributed by atoms with Crippen molar-refractivity contribution in [1.29, 1.82) is 0 Å². The van der Waals surface area contributed by atoms with Crippen LogP contribution in [0.25, 0.3) is 0 Å². The Kier molecular flexibility index (Phi) is 3.92. The molecule has 90 valence electrons. The van der Waals surface area contributed by atoms with Gasteiger partial charge in [-0.3, -0.25) is 0 Å². The van der Waals surface area contributed by atoms with Gasteiger partial charge in [0.2, 0.25) is 0 Å². The van der Waals surface area contributed by atoms with Crippen LogP contribution in [-0.2, 0) is 0 Å². The minimum atomic E-state index is -0.307. The highest BCUT2D eigenvalue weighted by Crippen LogP contribution is 2.29. The largest absolute Gasteiger partial charge is 0.497 e. The van der Waals surface area contributed by atoms with Gasteiger partial charge in [0.25, 0.3) is 0 Å². The molecule has 0 aromatic heterocycles. The monoisotopic (exact) mass is 225 g/mol. The van der Waals surface area contributed by atoms with Crippen LogP contribution in [0.15, 0.2) is 18.2 Å². The highest BCUT2D eigenvalue weighted by atomic mass is 19.1. The van der Waals surface area contributed by atoms with Gasteiger partial charge < -0.3 is 10.5 Å². The van der Waals surface area contributed by atoms with E-state index in [4.69, 9.17) is 10.5 Å². The Bertz CT molecular complexity index is 357. The molecular formula is C13H20FNO. The van der Waals surface area contributed by atoms with Gasteiger partial charge in [0.15, 0.2) is 0 Å². The number of halogens is 1. The molecular weight excluding hydrogens is 205 g/mol. The fraction of sp³-hybridized carbons (Fsp3) is 0.538. The molecule has 1 aromatic carbocycles. The van der Waals surface area contributed by atoms with E-state index in [0.29, 0.717) is 5.75 Å². The SMILES string of the molecule is COc1cc(F)cc(C(N)CC(C)(C)C)c1. The summed E-state index contributed by atoms with van der Waals surface area (Å²) in [5.41, 5.74) is 6.96. The van der Waals surface area contributed by atoms with E-state index in [1.54, 1.807) is 6.07 Å². The van der Waals surface area contributed by atoms with E-state index >= 15 is 0 Å². The molecule has 1 unspecified atom stereocenters. The van der Waals surface area contributed by atoms with Crippen molar-refractivity contribution in [3.8, 4) is 5.75 Å². The molecule has 2 nitrogen and oxygen atoms in total. The number of ether oxygens (including phenoxy) is 1. The third-order valence-electron chi connectivity index (χ3n) is 2.39. The highest BCUT2D eigenvalue weighted by molar-refractivity contribution is 5.31. The van der Waals surface area contributed by atoms with Crippen molar-refractivity contribution in [2.75, 3.05) is 7.11 Å². The Morgan fingerprint density at radius 1 is 1.31 bits per heavy atom. The molecule has 0 fully saturated rings. The Morgan fingerprint density at radius 3 is 2.44 bits per heavy atom. The average molecular weight is 225 g/mol. The number of hydrogen-bond donors (Lipinski definition) is 1. The first kappa shape index (κ1) is 13.0. The van der Waals surface area contributed by atoms with Gasteiger partial charge in [0.1, 0.15) is 11.6 Å². The van der Waals surface area contributed by atoms with Gasteiger partial charge in [-0.1, -0.05) is 20.8 Å². The zero-order valence-corrected chi connectivity index (χ0v) is 10.4. The molecule has 16 heavy (non-hydrogen) atoms. The fourth-order valence-corrected chi connectivity index (χ4v) is 1.69. The molecule has 0 aliphatic rings. The normalized spacial score (nSPS) is 13.6. The standard InChI is InChI=1S/C13H20FNO/c1-13(2,3)8-12(15)9-5-10(14)7-11(6-9)16-4/h5-7,12H,8,15H2,1-4H3. The summed E-state index contributed by atoms with van der Waals surface area (Å²) in [6.07, 6.45) is 0.805. The van der Waals surface area contributed by atoms with Crippen molar-refractivity contribution in [3.63, 3.8) is 0 Å². The van der Waals surface area contributed by atoms with Crippen LogP contribution in [0.5, 0.6) is 5.75 Å². The summed E-state index contributed by atoms with van der Waals surface area (Å²) in [5, 5.41) is 0. The van der Waals surface area contributed by atoms with Gasteiger partial charge in [-0.2, -0.15) is 0 Å². The smallest absolute Gasteiger partial charge is 0.127 e. The van der Waals surface area contributed by atoms with Gasteiger partial charge in [0.05, 0.1) is 7.11 Å². The molecule has 0 amide bonds. The maximum Gasteiger partial charge on any atom is 0.127 e. The Hall–Kier alpha value is -1.09. The van der Waals surface area contributed by atoms with E-state index < -0.39 is 0 Å². The lowest BCUT2D eigenvalue weighted by molar-refractivity contribution is 0.341. The summed E-state index contributed by atoms with van der Waals surface area (Å²) in [5.74, 6) is 0.207. The second-order valence-corrected chi connectivity index (χ2v) is 5.30. The van der Waals surface area contributed by atoms with Crippen molar-refractivity contribution >= 4 is 0 Å². The number of benzene rings is 1. The first-order chi connectivity index (χ1) is 7.31. The summed E-state index contributed by atoms with van der Waals surface area (Å²) >= 11 is 0. The van der Waals surface area contributed by atoms with E-state index in [0.717, 1.165) is 12.0 Å². The lowest BCUT2D eigenvalue weighted by Crippen LogP contribution is -2.18. The van der Waals surface area contributed by atoms with Crippen molar-refractivity contribution < 1.29 is 9.13 Å². The van der Waals surface area contributed by atoms with E-state index in [1.165, 1.54) is 19.2 Å². The van der Waals surface area contributed by atoms with Crippen molar-refractivity contribution in [2.45, 2.75) is 33.2 Å². The van der Waals surface area contributed by atoms with E-state index in [2.05, 4.69) is 20.8 Å². The quantitative estimate of drug-likeness (QED) is 0.856. The topological polar surface area (TPSA) is 35.2 Å². The maximum absolute atomic E-state index is 13.3. The second-order valence-electron chi connectivity index (χ2n) is 5.30. The molecule has 0 heterocycles. The van der Waals surface area contributed by atoms with E-state index in [-0.39, 0.29) is 17.3 Å². The second kappa shape index (κ2) is 4.83. The average Bonchev–Trinajstić information content (AvgIpc) is 2.14. The predicted molar refractivity (Wildman–Crippen MR) is 64.0 cm³/mol. The zero-order chi connectivity index (χ0) is 12.3. The highest BCUT2D eigenvalue weighted by Gasteiger charge is 2.18. The van der Waals surface area contributed by atoms with Gasteiger partial charge in [-0.25, -0.2) is 4.39 Å². The van der Waals surface area contributed by atoms with Crippen molar-refractivity contribution in [3.05, 3.63) is 29.6 Å². The molecule has 0 spiro atoms. The van der Waals surface area contributed by atoms with Crippen LogP contribution in [-0.4, -0.2) is 7.11 Å². The third-order valence-corrected chi connectivity index (χ3v) is 2.39. The summed E-state index contributed by atoms with van der Waals surface area (Å²) in [6.45, 7) is 6.34. The molecule has 0 saturated carbocycles. The van der Waals surface area contributed by atoms with Gasteiger partial charge >= 0.3 is 0 Å². The number of rotatable bonds is 3. The Morgan fingerprint density at radius 2 is 1.94 bits per heavy atom. The van der Waals surface area contributed by atoms with Crippen LogP contribution < -0.4 is 10.5 Å². The van der Waals surface area contributed by atoms with E-state index in [1.807, 2.05) is 0 Å². The van der Waals surface area contributed by atoms with Crippen LogP contribution in [0, 0.1) is 11.2 Å². The third kappa shape index (κ3) is 3.81. The maximum atomic E-state index is 13.3. The fourth-order valence-electron chi connectivity index (χ4n) is 1.69. The molecule has 1 atom stereocenters. The summed E-state index contributed by atoms with van der Waals surface area (Å²) in [6, 6.07) is 4.45. The predicted octanol–water partition coefficient (Wildman–Crippen LogP) is 3.27. The Labute approximate surface area is 96.6 Å². The number of methoxy groups -OCH3 is 1. The molecule has 0 aliphatic heterocycles. The molecule has 0 saturated heterocycles. The first-order valence-electron chi connectivity index (χ1n) is 5.42. The van der Waals surface area contributed by atoms with Gasteiger partial charge in [-0.05, 0) is 29.5 Å². The van der Waals surface area contributed by atoms with Crippen LogP contribution >= 0.6 is 0 Å². The molecule has 0 aliphatic carbocycles. The molecule has 0 bridgehead atoms. The van der Waals surface area contributed by atoms with E-state index in [9.17, 15) is 4.39 Å². The number of hydrogen-bond acceptors (Lipinski definition) is 2. The van der Waals surface area contributed by atoms with Crippen LogP contribution in [0.1, 0.15) is 38.8 Å². The Balaban J connectivity index is 2.90. The van der Waals surface area contributed by atoms with Gasteiger partial charge in [-0.15, -0.1) is 0 Å². The lowest BCUT2D eigenvalue weighted by Gasteiger charge is -2.23. The molecule has 2 N–H and O–H groups in total. The molecule has 3 heteroatoms. The van der Waals surface area contributed by atoms with Crippen molar-refractivity contribution in [1.82, 2.24) is 0 Å². The molecule has 0 radical (unpaired) electrons.